The predicted molar refractivity (Wildman–Crippen MR) is 38.0 cm³/mol. The summed E-state index contributed by atoms with van der Waals surface area (Å²) in [4.78, 5) is 1.03. The Hall–Kier alpha value is -0.0900. The van der Waals surface area contributed by atoms with Crippen molar-refractivity contribution in [1.29, 1.82) is 0 Å². The second-order valence-corrected chi connectivity index (χ2v) is 3.00. The van der Waals surface area contributed by atoms with Crippen LogP contribution in [0.1, 0.15) is 4.88 Å². The van der Waals surface area contributed by atoms with Crippen molar-refractivity contribution in [2.45, 2.75) is 6.54 Å². The van der Waals surface area contributed by atoms with Crippen molar-refractivity contribution in [3.05, 3.63) is 21.3 Å². The highest BCUT2D eigenvalue weighted by Crippen LogP contribution is 2.18. The minimum atomic E-state index is 0.470. The molecule has 0 bridgehead atoms. The zero-order chi connectivity index (χ0) is 6.69. The lowest BCUT2D eigenvalue weighted by Gasteiger charge is -1.88. The first-order chi connectivity index (χ1) is 4.33. The summed E-state index contributed by atoms with van der Waals surface area (Å²) in [7, 11) is 0. The first kappa shape index (κ1) is 7.02. The van der Waals surface area contributed by atoms with Crippen LogP contribution in [-0.4, -0.2) is 5.21 Å². The topological polar surface area (TPSA) is 32.3 Å². The molecule has 0 radical (unpaired) electrons. The van der Waals surface area contributed by atoms with Crippen LogP contribution >= 0.6 is 22.9 Å². The van der Waals surface area contributed by atoms with Gasteiger partial charge in [0.25, 0.3) is 0 Å². The van der Waals surface area contributed by atoms with Gasteiger partial charge in [-0.3, -0.25) is 0 Å². The van der Waals surface area contributed by atoms with Crippen LogP contribution in [0.5, 0.6) is 0 Å². The Labute approximate surface area is 62.0 Å². The summed E-state index contributed by atoms with van der Waals surface area (Å²) >= 11 is 7.12. The summed E-state index contributed by atoms with van der Waals surface area (Å²) in [5, 5.41) is 10.8. The van der Waals surface area contributed by atoms with Crippen LogP contribution < -0.4 is 5.48 Å². The molecule has 0 aromatic carbocycles. The Kier molecular flexibility index (Phi) is 2.48. The molecule has 1 rings (SSSR count). The monoisotopic (exact) mass is 163 g/mol. The number of hydrogen-bond donors (Lipinski definition) is 2. The summed E-state index contributed by atoms with van der Waals surface area (Å²) in [6.45, 7) is 0.470. The van der Waals surface area contributed by atoms with E-state index in [1.165, 1.54) is 11.3 Å². The van der Waals surface area contributed by atoms with Crippen LogP contribution in [0.15, 0.2) is 11.4 Å². The van der Waals surface area contributed by atoms with Gasteiger partial charge in [-0.1, -0.05) is 11.6 Å². The Balaban J connectivity index is 2.61. The maximum atomic E-state index is 8.24. The minimum absolute atomic E-state index is 0.470. The normalized spacial score (nSPS) is 10.0. The van der Waals surface area contributed by atoms with Crippen LogP contribution in [0.2, 0.25) is 5.02 Å². The van der Waals surface area contributed by atoms with Crippen molar-refractivity contribution < 1.29 is 5.21 Å². The Morgan fingerprint density at radius 2 is 2.56 bits per heavy atom. The number of halogens is 1. The predicted octanol–water partition coefficient (Wildman–Crippen LogP) is 1.88. The number of hydroxylamine groups is 1. The molecule has 0 fully saturated rings. The first-order valence-corrected chi connectivity index (χ1v) is 3.68. The van der Waals surface area contributed by atoms with Crippen molar-refractivity contribution in [2.24, 2.45) is 0 Å². The van der Waals surface area contributed by atoms with E-state index >= 15 is 0 Å². The van der Waals surface area contributed by atoms with Crippen molar-refractivity contribution in [1.82, 2.24) is 5.48 Å². The summed E-state index contributed by atoms with van der Waals surface area (Å²) < 4.78 is 0. The lowest BCUT2D eigenvalue weighted by Crippen LogP contribution is -2.03. The fraction of sp³-hybridized carbons (Fsp3) is 0.200. The summed E-state index contributed by atoms with van der Waals surface area (Å²) in [5.41, 5.74) is 2.05. The van der Waals surface area contributed by atoms with Crippen molar-refractivity contribution in [2.75, 3.05) is 0 Å². The van der Waals surface area contributed by atoms with Gasteiger partial charge in [0.15, 0.2) is 0 Å². The van der Waals surface area contributed by atoms with Gasteiger partial charge in [-0.2, -0.15) is 0 Å². The average molecular weight is 164 g/mol. The number of rotatable bonds is 2. The second kappa shape index (κ2) is 3.17. The molecule has 50 valence electrons. The fourth-order valence-electron chi connectivity index (χ4n) is 0.524. The molecule has 2 N–H and O–H groups in total. The number of thiophene rings is 1. The van der Waals surface area contributed by atoms with Gasteiger partial charge >= 0.3 is 0 Å². The van der Waals surface area contributed by atoms with Crippen molar-refractivity contribution in [3.63, 3.8) is 0 Å². The number of nitrogens with one attached hydrogen (secondary N) is 1. The smallest absolute Gasteiger partial charge is 0.0552 e. The quantitative estimate of drug-likeness (QED) is 0.653. The molecule has 1 heterocycles. The molecule has 0 atom stereocenters. The first-order valence-electron chi connectivity index (χ1n) is 2.43. The van der Waals surface area contributed by atoms with Gasteiger partial charge in [-0.25, -0.2) is 5.48 Å². The fourth-order valence-corrected chi connectivity index (χ4v) is 1.53. The molecule has 0 aliphatic rings. The Morgan fingerprint density at radius 1 is 1.78 bits per heavy atom. The third-order valence-corrected chi connectivity index (χ3v) is 2.16. The van der Waals surface area contributed by atoms with Gasteiger partial charge in [0.1, 0.15) is 0 Å². The summed E-state index contributed by atoms with van der Waals surface area (Å²) in [5.74, 6) is 0. The molecule has 0 aliphatic heterocycles. The zero-order valence-corrected chi connectivity index (χ0v) is 6.17. The van der Waals surface area contributed by atoms with Crippen LogP contribution in [0.3, 0.4) is 0 Å². The molecule has 0 saturated carbocycles. The third kappa shape index (κ3) is 1.95. The lowest BCUT2D eigenvalue weighted by molar-refractivity contribution is 0.162. The van der Waals surface area contributed by atoms with Gasteiger partial charge < -0.3 is 5.21 Å². The Bertz CT molecular complexity index is 189. The number of hydrogen-bond acceptors (Lipinski definition) is 3. The Morgan fingerprint density at radius 3 is 3.00 bits per heavy atom. The van der Waals surface area contributed by atoms with Crippen molar-refractivity contribution in [3.8, 4) is 0 Å². The minimum Gasteiger partial charge on any atom is -0.316 e. The van der Waals surface area contributed by atoms with Crippen LogP contribution in [0.25, 0.3) is 0 Å². The molecular weight excluding hydrogens is 158 g/mol. The van der Waals surface area contributed by atoms with E-state index < -0.39 is 0 Å². The lowest BCUT2D eigenvalue weighted by atomic mass is 10.5. The highest BCUT2D eigenvalue weighted by Gasteiger charge is 1.94. The highest BCUT2D eigenvalue weighted by atomic mass is 35.5. The van der Waals surface area contributed by atoms with E-state index in [1.54, 1.807) is 0 Å². The molecule has 0 aliphatic carbocycles. The molecule has 1 aromatic rings. The average Bonchev–Trinajstić information content (AvgIpc) is 2.17. The third-order valence-electron chi connectivity index (χ3n) is 0.875. The SMILES string of the molecule is ONCc1cc(Cl)cs1. The maximum absolute atomic E-state index is 8.24. The highest BCUT2D eigenvalue weighted by molar-refractivity contribution is 7.10. The molecule has 2 nitrogen and oxygen atoms in total. The van der Waals surface area contributed by atoms with Crippen LogP contribution in [0.4, 0.5) is 0 Å². The molecule has 0 saturated heterocycles. The van der Waals surface area contributed by atoms with E-state index in [-0.39, 0.29) is 0 Å². The van der Waals surface area contributed by atoms with Gasteiger partial charge in [0.2, 0.25) is 0 Å². The van der Waals surface area contributed by atoms with Gasteiger partial charge in [-0.05, 0) is 6.07 Å². The summed E-state index contributed by atoms with van der Waals surface area (Å²) in [6, 6.07) is 1.81. The van der Waals surface area contributed by atoms with Crippen molar-refractivity contribution >= 4 is 22.9 Å². The van der Waals surface area contributed by atoms with Crippen LogP contribution in [0, 0.1) is 0 Å². The van der Waals surface area contributed by atoms with E-state index in [2.05, 4.69) is 0 Å². The van der Waals surface area contributed by atoms with Gasteiger partial charge in [0.05, 0.1) is 11.6 Å². The van der Waals surface area contributed by atoms with Gasteiger partial charge in [0, 0.05) is 10.3 Å². The van der Waals surface area contributed by atoms with E-state index in [4.69, 9.17) is 16.8 Å². The molecule has 0 unspecified atom stereocenters. The summed E-state index contributed by atoms with van der Waals surface area (Å²) in [6.07, 6.45) is 0. The second-order valence-electron chi connectivity index (χ2n) is 1.57. The van der Waals surface area contributed by atoms with Crippen LogP contribution in [-0.2, 0) is 6.54 Å². The van der Waals surface area contributed by atoms with E-state index in [9.17, 15) is 0 Å². The maximum Gasteiger partial charge on any atom is 0.0552 e. The van der Waals surface area contributed by atoms with Gasteiger partial charge in [-0.15, -0.1) is 11.3 Å². The molecular formula is C5H6ClNOS. The molecule has 4 heteroatoms. The molecule has 9 heavy (non-hydrogen) atoms. The largest absolute Gasteiger partial charge is 0.316 e. The zero-order valence-electron chi connectivity index (χ0n) is 4.60. The van der Waals surface area contributed by atoms with E-state index in [0.29, 0.717) is 6.54 Å². The van der Waals surface area contributed by atoms with E-state index in [1.807, 2.05) is 16.9 Å². The molecule has 1 aromatic heterocycles. The van der Waals surface area contributed by atoms with E-state index in [0.717, 1.165) is 9.90 Å². The molecule has 0 amide bonds. The molecule has 0 spiro atoms. The standard InChI is InChI=1S/C5H6ClNOS/c6-4-1-5(2-7-8)9-3-4/h1,3,7-8H,2H2.